The molecule has 1 fully saturated rings. The summed E-state index contributed by atoms with van der Waals surface area (Å²) in [4.78, 5) is 2.31. The minimum absolute atomic E-state index is 0.433. The fraction of sp³-hybridized carbons (Fsp3) is 0.778. The SMILES string of the molecule is NCc1cn(CCN2CCS(=O)CC2)nn1. The summed E-state index contributed by atoms with van der Waals surface area (Å²) >= 11 is 0. The van der Waals surface area contributed by atoms with Gasteiger partial charge in [-0.25, -0.2) is 0 Å². The van der Waals surface area contributed by atoms with Crippen molar-refractivity contribution in [1.82, 2.24) is 19.9 Å². The van der Waals surface area contributed by atoms with Gasteiger partial charge in [-0.3, -0.25) is 13.8 Å². The Morgan fingerprint density at radius 3 is 2.75 bits per heavy atom. The lowest BCUT2D eigenvalue weighted by atomic mass is 10.4. The zero-order valence-corrected chi connectivity index (χ0v) is 10.0. The van der Waals surface area contributed by atoms with Gasteiger partial charge in [-0.2, -0.15) is 0 Å². The lowest BCUT2D eigenvalue weighted by molar-refractivity contribution is 0.280. The highest BCUT2D eigenvalue weighted by atomic mass is 32.2. The summed E-state index contributed by atoms with van der Waals surface area (Å²) in [7, 11) is -0.599. The van der Waals surface area contributed by atoms with Crippen LogP contribution in [-0.4, -0.2) is 55.2 Å². The normalized spacial score (nSPS) is 19.1. The quantitative estimate of drug-likeness (QED) is 0.719. The average molecular weight is 243 g/mol. The van der Waals surface area contributed by atoms with Crippen molar-refractivity contribution in [3.05, 3.63) is 11.9 Å². The van der Waals surface area contributed by atoms with Crippen molar-refractivity contribution in [3.8, 4) is 0 Å². The van der Waals surface area contributed by atoms with Crippen LogP contribution in [0.3, 0.4) is 0 Å². The maximum absolute atomic E-state index is 11.2. The van der Waals surface area contributed by atoms with Crippen molar-refractivity contribution in [2.24, 2.45) is 5.73 Å². The third-order valence-corrected chi connectivity index (χ3v) is 3.99. The van der Waals surface area contributed by atoms with Gasteiger partial charge < -0.3 is 5.73 Å². The van der Waals surface area contributed by atoms with Crippen LogP contribution < -0.4 is 5.73 Å². The summed E-state index contributed by atoms with van der Waals surface area (Å²) < 4.78 is 13.0. The van der Waals surface area contributed by atoms with Crippen LogP contribution in [-0.2, 0) is 23.9 Å². The number of nitrogens with two attached hydrogens (primary N) is 1. The van der Waals surface area contributed by atoms with E-state index in [1.807, 2.05) is 10.9 Å². The summed E-state index contributed by atoms with van der Waals surface area (Å²) in [5.41, 5.74) is 6.28. The second kappa shape index (κ2) is 5.51. The molecule has 2 N–H and O–H groups in total. The fourth-order valence-electron chi connectivity index (χ4n) is 1.68. The van der Waals surface area contributed by atoms with Crippen LogP contribution in [0, 0.1) is 0 Å². The van der Waals surface area contributed by atoms with E-state index in [9.17, 15) is 4.21 Å². The Morgan fingerprint density at radius 2 is 2.12 bits per heavy atom. The maximum Gasteiger partial charge on any atom is 0.0962 e. The molecule has 1 aromatic heterocycles. The lowest BCUT2D eigenvalue weighted by Crippen LogP contribution is -2.39. The van der Waals surface area contributed by atoms with Crippen LogP contribution in [0.5, 0.6) is 0 Å². The number of nitrogens with zero attached hydrogens (tertiary/aromatic N) is 4. The molecule has 2 rings (SSSR count). The molecule has 90 valence electrons. The molecule has 7 heteroatoms. The monoisotopic (exact) mass is 243 g/mol. The van der Waals surface area contributed by atoms with E-state index in [-0.39, 0.29) is 0 Å². The Kier molecular flexibility index (Phi) is 4.03. The number of aromatic nitrogens is 3. The minimum Gasteiger partial charge on any atom is -0.325 e. The van der Waals surface area contributed by atoms with E-state index >= 15 is 0 Å². The first kappa shape index (κ1) is 11.7. The molecule has 0 bridgehead atoms. The summed E-state index contributed by atoms with van der Waals surface area (Å²) in [6.45, 7) is 4.03. The Bertz CT molecular complexity index is 357. The van der Waals surface area contributed by atoms with Crippen molar-refractivity contribution >= 4 is 10.8 Å². The van der Waals surface area contributed by atoms with E-state index in [1.54, 1.807) is 0 Å². The second-order valence-electron chi connectivity index (χ2n) is 3.87. The lowest BCUT2D eigenvalue weighted by Gasteiger charge is -2.25. The Morgan fingerprint density at radius 1 is 1.38 bits per heavy atom. The Balaban J connectivity index is 1.76. The highest BCUT2D eigenvalue weighted by Gasteiger charge is 2.14. The average Bonchev–Trinajstić information content (AvgIpc) is 2.76. The molecule has 1 saturated heterocycles. The number of rotatable bonds is 4. The molecule has 1 aliphatic heterocycles. The van der Waals surface area contributed by atoms with E-state index in [0.717, 1.165) is 43.4 Å². The van der Waals surface area contributed by atoms with Gasteiger partial charge in [0.1, 0.15) is 0 Å². The molecule has 0 spiro atoms. The van der Waals surface area contributed by atoms with Gasteiger partial charge in [-0.05, 0) is 0 Å². The maximum atomic E-state index is 11.2. The van der Waals surface area contributed by atoms with Crippen LogP contribution in [0.4, 0.5) is 0 Å². The fourth-order valence-corrected chi connectivity index (χ4v) is 2.81. The first-order valence-electron chi connectivity index (χ1n) is 5.44. The summed E-state index contributed by atoms with van der Waals surface area (Å²) in [5.74, 6) is 1.59. The molecule has 2 heterocycles. The zero-order valence-electron chi connectivity index (χ0n) is 9.21. The van der Waals surface area contributed by atoms with Gasteiger partial charge in [0.05, 0.1) is 12.2 Å². The first-order chi connectivity index (χ1) is 7.78. The number of hydrogen-bond donors (Lipinski definition) is 1. The van der Waals surface area contributed by atoms with Crippen LogP contribution >= 0.6 is 0 Å². The molecule has 6 nitrogen and oxygen atoms in total. The molecule has 0 aliphatic carbocycles. The smallest absolute Gasteiger partial charge is 0.0962 e. The molecule has 0 saturated carbocycles. The molecule has 1 aromatic rings. The third kappa shape index (κ3) is 3.10. The van der Waals surface area contributed by atoms with E-state index in [0.29, 0.717) is 6.54 Å². The zero-order chi connectivity index (χ0) is 11.4. The van der Waals surface area contributed by atoms with Crippen LogP contribution in [0.25, 0.3) is 0 Å². The molecule has 0 radical (unpaired) electrons. The molecule has 16 heavy (non-hydrogen) atoms. The van der Waals surface area contributed by atoms with E-state index < -0.39 is 10.8 Å². The molecule has 1 aliphatic rings. The molecule has 0 aromatic carbocycles. The van der Waals surface area contributed by atoms with Gasteiger partial charge in [0.15, 0.2) is 0 Å². The standard InChI is InChI=1S/C9H17N5OS/c10-7-9-8-14(12-11-9)2-1-13-3-5-16(15)6-4-13/h8H,1-7,10H2. The van der Waals surface area contributed by atoms with Crippen LogP contribution in [0.2, 0.25) is 0 Å². The van der Waals surface area contributed by atoms with Crippen molar-refractivity contribution in [2.45, 2.75) is 13.1 Å². The second-order valence-corrected chi connectivity index (χ2v) is 5.56. The van der Waals surface area contributed by atoms with Crippen LogP contribution in [0.15, 0.2) is 6.20 Å². The summed E-state index contributed by atoms with van der Waals surface area (Å²) in [6, 6.07) is 0. The molecular formula is C9H17N5OS. The highest BCUT2D eigenvalue weighted by molar-refractivity contribution is 7.85. The predicted molar refractivity (Wildman–Crippen MR) is 62.2 cm³/mol. The first-order valence-corrected chi connectivity index (χ1v) is 6.93. The highest BCUT2D eigenvalue weighted by Crippen LogP contribution is 2.00. The molecular weight excluding hydrogens is 226 g/mol. The predicted octanol–water partition coefficient (Wildman–Crippen LogP) is -1.20. The van der Waals surface area contributed by atoms with Gasteiger partial charge >= 0.3 is 0 Å². The van der Waals surface area contributed by atoms with Gasteiger partial charge in [0.25, 0.3) is 0 Å². The molecule has 0 unspecified atom stereocenters. The van der Waals surface area contributed by atoms with E-state index in [4.69, 9.17) is 5.73 Å². The van der Waals surface area contributed by atoms with Gasteiger partial charge in [-0.1, -0.05) is 5.21 Å². The number of hydrogen-bond acceptors (Lipinski definition) is 5. The van der Waals surface area contributed by atoms with Gasteiger partial charge in [0.2, 0.25) is 0 Å². The molecule has 0 amide bonds. The van der Waals surface area contributed by atoms with Crippen molar-refractivity contribution in [3.63, 3.8) is 0 Å². The van der Waals surface area contributed by atoms with Crippen molar-refractivity contribution < 1.29 is 4.21 Å². The summed E-state index contributed by atoms with van der Waals surface area (Å²) in [5, 5.41) is 7.92. The van der Waals surface area contributed by atoms with E-state index in [2.05, 4.69) is 15.2 Å². The summed E-state index contributed by atoms with van der Waals surface area (Å²) in [6.07, 6.45) is 1.88. The van der Waals surface area contributed by atoms with Gasteiger partial charge in [-0.15, -0.1) is 5.10 Å². The Labute approximate surface area is 97.2 Å². The van der Waals surface area contributed by atoms with Gasteiger partial charge in [0, 0.05) is 54.7 Å². The van der Waals surface area contributed by atoms with Crippen molar-refractivity contribution in [2.75, 3.05) is 31.1 Å². The topological polar surface area (TPSA) is 77.0 Å². The molecule has 0 atom stereocenters. The van der Waals surface area contributed by atoms with Crippen molar-refractivity contribution in [1.29, 1.82) is 0 Å². The van der Waals surface area contributed by atoms with Crippen LogP contribution in [0.1, 0.15) is 5.69 Å². The van der Waals surface area contributed by atoms with E-state index in [1.165, 1.54) is 0 Å². The minimum atomic E-state index is -0.599. The largest absolute Gasteiger partial charge is 0.325 e. The third-order valence-electron chi connectivity index (χ3n) is 2.71. The Hall–Kier alpha value is -0.790.